The minimum atomic E-state index is -4.70. The number of hydrogen-bond donors (Lipinski definition) is 1. The van der Waals surface area contributed by atoms with Gasteiger partial charge in [-0.2, -0.15) is 13.2 Å². The van der Waals surface area contributed by atoms with Gasteiger partial charge in [0.2, 0.25) is 0 Å². The maximum atomic E-state index is 12.5. The fourth-order valence-corrected chi connectivity index (χ4v) is 1.26. The van der Waals surface area contributed by atoms with Crippen LogP contribution in [0.4, 0.5) is 17.6 Å². The van der Waals surface area contributed by atoms with E-state index < -0.39 is 24.5 Å². The van der Waals surface area contributed by atoms with Gasteiger partial charge in [0.1, 0.15) is 5.82 Å². The number of rotatable bonds is 2. The summed E-state index contributed by atoms with van der Waals surface area (Å²) in [7, 11) is 0. The third-order valence-electron chi connectivity index (χ3n) is 1.81. The van der Waals surface area contributed by atoms with Crippen LogP contribution in [-0.4, -0.2) is 17.4 Å². The van der Waals surface area contributed by atoms with Crippen molar-refractivity contribution in [2.24, 2.45) is 0 Å². The molecule has 0 aliphatic carbocycles. The summed E-state index contributed by atoms with van der Waals surface area (Å²) in [4.78, 5) is 0. The zero-order valence-electron chi connectivity index (χ0n) is 7.35. The molecular formula is C9H7ClF4O. The van der Waals surface area contributed by atoms with E-state index in [1.807, 2.05) is 0 Å². The van der Waals surface area contributed by atoms with Crippen molar-refractivity contribution in [3.63, 3.8) is 0 Å². The summed E-state index contributed by atoms with van der Waals surface area (Å²) in [6.07, 6.45) is -7.86. The Morgan fingerprint density at radius 1 is 1.33 bits per heavy atom. The van der Waals surface area contributed by atoms with Gasteiger partial charge in [-0.25, -0.2) is 4.39 Å². The van der Waals surface area contributed by atoms with Gasteiger partial charge in [0, 0.05) is 11.4 Å². The molecule has 0 unspecified atom stereocenters. The van der Waals surface area contributed by atoms with Crippen molar-refractivity contribution in [2.45, 2.75) is 18.7 Å². The molecule has 0 aromatic heterocycles. The van der Waals surface area contributed by atoms with E-state index in [2.05, 4.69) is 0 Å². The predicted molar refractivity (Wildman–Crippen MR) is 47.2 cm³/mol. The number of alkyl halides is 3. The predicted octanol–water partition coefficient (Wildman–Crippen LogP) is 2.94. The number of benzene rings is 1. The van der Waals surface area contributed by atoms with E-state index in [4.69, 9.17) is 16.7 Å². The summed E-state index contributed by atoms with van der Waals surface area (Å²) in [6, 6.07) is 3.01. The van der Waals surface area contributed by atoms with Crippen LogP contribution in [-0.2, 0) is 6.42 Å². The number of aliphatic hydroxyl groups is 1. The van der Waals surface area contributed by atoms with Crippen molar-refractivity contribution in [1.29, 1.82) is 0 Å². The lowest BCUT2D eigenvalue weighted by Crippen LogP contribution is -2.30. The zero-order chi connectivity index (χ0) is 11.6. The Labute approximate surface area is 88.3 Å². The summed E-state index contributed by atoms with van der Waals surface area (Å²) in [6.45, 7) is 0. The summed E-state index contributed by atoms with van der Waals surface area (Å²) in [5.74, 6) is -0.634. The first-order valence-electron chi connectivity index (χ1n) is 3.99. The molecule has 84 valence electrons. The minimum Gasteiger partial charge on any atom is -0.383 e. The smallest absolute Gasteiger partial charge is 0.383 e. The van der Waals surface area contributed by atoms with E-state index in [0.717, 1.165) is 18.2 Å². The van der Waals surface area contributed by atoms with E-state index in [1.165, 1.54) is 0 Å². The molecule has 0 fully saturated rings. The average Bonchev–Trinajstić information content (AvgIpc) is 2.08. The normalized spacial score (nSPS) is 14.0. The van der Waals surface area contributed by atoms with E-state index in [-0.39, 0.29) is 10.6 Å². The molecule has 0 heterocycles. The van der Waals surface area contributed by atoms with Crippen molar-refractivity contribution in [3.8, 4) is 0 Å². The molecule has 1 nitrogen and oxygen atoms in total. The molecule has 6 heteroatoms. The third kappa shape index (κ3) is 3.35. The molecule has 0 radical (unpaired) electrons. The monoisotopic (exact) mass is 242 g/mol. The second-order valence-electron chi connectivity index (χ2n) is 3.00. The van der Waals surface area contributed by atoms with Crippen LogP contribution >= 0.6 is 11.6 Å². The van der Waals surface area contributed by atoms with Gasteiger partial charge in [0.05, 0.1) is 0 Å². The average molecular weight is 243 g/mol. The standard InChI is InChI=1S/C9H7ClF4O/c10-7-4-6(11)2-1-5(7)3-8(15)9(12,13)14/h1-2,4,8,15H,3H2/t8-/m1/s1. The highest BCUT2D eigenvalue weighted by atomic mass is 35.5. The van der Waals surface area contributed by atoms with Gasteiger partial charge in [-0.3, -0.25) is 0 Å². The Kier molecular flexibility index (Phi) is 3.57. The van der Waals surface area contributed by atoms with Crippen LogP contribution in [0, 0.1) is 5.82 Å². The first kappa shape index (κ1) is 12.3. The van der Waals surface area contributed by atoms with Crippen LogP contribution in [0.5, 0.6) is 0 Å². The molecule has 0 saturated carbocycles. The van der Waals surface area contributed by atoms with Gasteiger partial charge in [-0.05, 0) is 17.7 Å². The Bertz CT molecular complexity index is 350. The molecule has 15 heavy (non-hydrogen) atoms. The van der Waals surface area contributed by atoms with E-state index in [0.29, 0.717) is 0 Å². The van der Waals surface area contributed by atoms with Crippen LogP contribution in [0.25, 0.3) is 0 Å². The van der Waals surface area contributed by atoms with E-state index in [9.17, 15) is 17.6 Å². The van der Waals surface area contributed by atoms with Gasteiger partial charge < -0.3 is 5.11 Å². The van der Waals surface area contributed by atoms with Crippen LogP contribution in [0.1, 0.15) is 5.56 Å². The van der Waals surface area contributed by atoms with Crippen molar-refractivity contribution in [2.75, 3.05) is 0 Å². The fourth-order valence-electron chi connectivity index (χ4n) is 1.01. The summed E-state index contributed by atoms with van der Waals surface area (Å²) >= 11 is 5.51. The molecule has 0 aliphatic rings. The Balaban J connectivity index is 2.82. The quantitative estimate of drug-likeness (QED) is 0.791. The number of halogens is 5. The lowest BCUT2D eigenvalue weighted by molar-refractivity contribution is -0.203. The first-order valence-corrected chi connectivity index (χ1v) is 4.37. The molecule has 0 amide bonds. The molecule has 0 saturated heterocycles. The topological polar surface area (TPSA) is 20.2 Å². The molecule has 1 aromatic carbocycles. The molecule has 0 aliphatic heterocycles. The summed E-state index contributed by atoms with van der Waals surface area (Å²) in [5.41, 5.74) is 0.0582. The molecule has 1 atom stereocenters. The van der Waals surface area contributed by atoms with Gasteiger partial charge in [0.15, 0.2) is 6.10 Å². The third-order valence-corrected chi connectivity index (χ3v) is 2.16. The van der Waals surface area contributed by atoms with Crippen LogP contribution in [0.2, 0.25) is 5.02 Å². The second kappa shape index (κ2) is 4.37. The highest BCUT2D eigenvalue weighted by molar-refractivity contribution is 6.31. The number of aliphatic hydroxyl groups excluding tert-OH is 1. The summed E-state index contributed by atoms with van der Waals surface area (Å²) in [5, 5.41) is 8.63. The van der Waals surface area contributed by atoms with Crippen LogP contribution in [0.3, 0.4) is 0 Å². The SMILES string of the molecule is O[C@H](Cc1ccc(F)cc1Cl)C(F)(F)F. The molecule has 0 bridgehead atoms. The van der Waals surface area contributed by atoms with Crippen molar-refractivity contribution >= 4 is 11.6 Å². The van der Waals surface area contributed by atoms with Gasteiger partial charge in [-0.1, -0.05) is 17.7 Å². The maximum Gasteiger partial charge on any atom is 0.414 e. The lowest BCUT2D eigenvalue weighted by atomic mass is 10.1. The zero-order valence-corrected chi connectivity index (χ0v) is 8.11. The van der Waals surface area contributed by atoms with Crippen LogP contribution < -0.4 is 0 Å². The first-order chi connectivity index (χ1) is 6.80. The fraction of sp³-hybridized carbons (Fsp3) is 0.333. The minimum absolute atomic E-state index is 0.0582. The molecule has 1 rings (SSSR count). The summed E-state index contributed by atoms with van der Waals surface area (Å²) < 4.78 is 48.5. The van der Waals surface area contributed by atoms with Crippen molar-refractivity contribution in [1.82, 2.24) is 0 Å². The molecule has 0 spiro atoms. The van der Waals surface area contributed by atoms with Crippen molar-refractivity contribution in [3.05, 3.63) is 34.6 Å². The van der Waals surface area contributed by atoms with E-state index >= 15 is 0 Å². The van der Waals surface area contributed by atoms with Gasteiger partial charge >= 0.3 is 6.18 Å². The van der Waals surface area contributed by atoms with Gasteiger partial charge in [0.25, 0.3) is 0 Å². The molecule has 1 N–H and O–H groups in total. The molecule has 1 aromatic rings. The second-order valence-corrected chi connectivity index (χ2v) is 3.40. The van der Waals surface area contributed by atoms with Crippen molar-refractivity contribution < 1.29 is 22.7 Å². The maximum absolute atomic E-state index is 12.5. The van der Waals surface area contributed by atoms with Gasteiger partial charge in [-0.15, -0.1) is 0 Å². The Morgan fingerprint density at radius 2 is 1.93 bits per heavy atom. The number of hydrogen-bond acceptors (Lipinski definition) is 1. The van der Waals surface area contributed by atoms with Crippen LogP contribution in [0.15, 0.2) is 18.2 Å². The largest absolute Gasteiger partial charge is 0.414 e. The highest BCUT2D eigenvalue weighted by Crippen LogP contribution is 2.26. The Hall–Kier alpha value is -0.810. The Morgan fingerprint density at radius 3 is 2.40 bits per heavy atom. The highest BCUT2D eigenvalue weighted by Gasteiger charge is 2.38. The lowest BCUT2D eigenvalue weighted by Gasteiger charge is -2.14. The molecular weight excluding hydrogens is 236 g/mol. The van der Waals surface area contributed by atoms with E-state index in [1.54, 1.807) is 0 Å².